The number of H-pyrrole nitrogens is 1. The molecule has 1 rings (SSSR count). The number of hydrogen-bond acceptors (Lipinski definition) is 2. The van der Waals surface area contributed by atoms with Gasteiger partial charge in [0.2, 0.25) is 5.91 Å². The fourth-order valence-electron chi connectivity index (χ4n) is 1.13. The van der Waals surface area contributed by atoms with E-state index in [1.807, 2.05) is 18.3 Å². The predicted molar refractivity (Wildman–Crippen MR) is 50.7 cm³/mol. The molecule has 0 fully saturated rings. The molecule has 1 heterocycles. The summed E-state index contributed by atoms with van der Waals surface area (Å²) in [5.41, 5.74) is 1.16. The van der Waals surface area contributed by atoms with Crippen LogP contribution in [-0.4, -0.2) is 22.9 Å². The number of rotatable bonds is 4. The number of nitrogens with one attached hydrogen (secondary N) is 1. The van der Waals surface area contributed by atoms with Crippen molar-refractivity contribution >= 4 is 5.91 Å². The molecule has 1 aromatic rings. The molecule has 72 valence electrons. The van der Waals surface area contributed by atoms with Crippen LogP contribution in [0.4, 0.5) is 0 Å². The zero-order valence-electron chi connectivity index (χ0n) is 7.79. The lowest BCUT2D eigenvalue weighted by Crippen LogP contribution is -2.32. The summed E-state index contributed by atoms with van der Waals surface area (Å²) in [5.74, 6) is 5.25. The summed E-state index contributed by atoms with van der Waals surface area (Å²) in [5, 5.41) is 1.13. The van der Waals surface area contributed by atoms with Gasteiger partial charge in [0.25, 0.3) is 0 Å². The number of aromatic amines is 1. The minimum absolute atomic E-state index is 0.0217. The lowest BCUT2D eigenvalue weighted by atomic mass is 10.2. The second-order valence-electron chi connectivity index (χ2n) is 3.05. The van der Waals surface area contributed by atoms with Crippen molar-refractivity contribution in [3.8, 4) is 0 Å². The molecular weight excluding hydrogens is 166 g/mol. The van der Waals surface area contributed by atoms with Crippen molar-refractivity contribution < 1.29 is 4.79 Å². The second kappa shape index (κ2) is 4.67. The maximum Gasteiger partial charge on any atom is 0.236 e. The third-order valence-electron chi connectivity index (χ3n) is 1.89. The zero-order chi connectivity index (χ0) is 9.68. The van der Waals surface area contributed by atoms with Crippen molar-refractivity contribution in [2.45, 2.75) is 19.3 Å². The van der Waals surface area contributed by atoms with E-state index < -0.39 is 0 Å². The summed E-state index contributed by atoms with van der Waals surface area (Å²) < 4.78 is 0. The fourth-order valence-corrected chi connectivity index (χ4v) is 1.13. The molecule has 1 amide bonds. The van der Waals surface area contributed by atoms with Gasteiger partial charge in [-0.3, -0.25) is 9.80 Å². The average molecular weight is 181 g/mol. The molecule has 0 aromatic carbocycles. The zero-order valence-corrected chi connectivity index (χ0v) is 7.79. The van der Waals surface area contributed by atoms with Gasteiger partial charge in [-0.15, -0.1) is 0 Å². The molecule has 4 nitrogen and oxygen atoms in total. The van der Waals surface area contributed by atoms with Crippen LogP contribution in [0.1, 0.15) is 18.5 Å². The highest BCUT2D eigenvalue weighted by molar-refractivity contribution is 5.75. The Morgan fingerprint density at radius 2 is 2.46 bits per heavy atom. The van der Waals surface area contributed by atoms with Gasteiger partial charge in [0.15, 0.2) is 0 Å². The molecule has 0 spiro atoms. The van der Waals surface area contributed by atoms with Crippen molar-refractivity contribution in [3.05, 3.63) is 24.0 Å². The van der Waals surface area contributed by atoms with Gasteiger partial charge in [-0.1, -0.05) is 0 Å². The Balaban J connectivity index is 2.18. The van der Waals surface area contributed by atoms with Gasteiger partial charge in [-0.25, -0.2) is 5.84 Å². The minimum atomic E-state index is -0.0217. The highest BCUT2D eigenvalue weighted by Gasteiger charge is 2.03. The Kier molecular flexibility index (Phi) is 3.52. The third kappa shape index (κ3) is 3.29. The Morgan fingerprint density at radius 1 is 1.69 bits per heavy atom. The van der Waals surface area contributed by atoms with E-state index in [4.69, 9.17) is 5.84 Å². The van der Waals surface area contributed by atoms with Gasteiger partial charge < -0.3 is 4.98 Å². The highest BCUT2D eigenvalue weighted by atomic mass is 16.2. The molecule has 0 aliphatic carbocycles. The number of nitrogens with two attached hydrogens (primary N) is 1. The molecule has 13 heavy (non-hydrogen) atoms. The van der Waals surface area contributed by atoms with Gasteiger partial charge in [0.05, 0.1) is 0 Å². The molecule has 0 radical (unpaired) electrons. The first-order valence-corrected chi connectivity index (χ1v) is 4.33. The van der Waals surface area contributed by atoms with E-state index in [0.717, 1.165) is 23.5 Å². The Hall–Kier alpha value is -1.29. The van der Waals surface area contributed by atoms with Crippen LogP contribution in [0.15, 0.2) is 18.3 Å². The number of aromatic nitrogens is 1. The largest absolute Gasteiger partial charge is 0.365 e. The first-order valence-electron chi connectivity index (χ1n) is 4.33. The molecule has 0 bridgehead atoms. The van der Waals surface area contributed by atoms with E-state index >= 15 is 0 Å². The van der Waals surface area contributed by atoms with Crippen LogP contribution < -0.4 is 5.84 Å². The number of hydrazine groups is 1. The van der Waals surface area contributed by atoms with Crippen molar-refractivity contribution in [1.82, 2.24) is 9.99 Å². The van der Waals surface area contributed by atoms with Gasteiger partial charge in [0.1, 0.15) is 0 Å². The van der Waals surface area contributed by atoms with Gasteiger partial charge in [-0.05, 0) is 25.0 Å². The average Bonchev–Trinajstić information content (AvgIpc) is 2.56. The molecule has 4 heteroatoms. The molecule has 0 unspecified atom stereocenters. The first-order chi connectivity index (χ1) is 6.20. The number of nitrogens with zero attached hydrogens (tertiary/aromatic N) is 1. The van der Waals surface area contributed by atoms with Crippen molar-refractivity contribution in [2.75, 3.05) is 7.05 Å². The smallest absolute Gasteiger partial charge is 0.236 e. The van der Waals surface area contributed by atoms with Crippen LogP contribution in [0.2, 0.25) is 0 Å². The summed E-state index contributed by atoms with van der Waals surface area (Å²) in [6.45, 7) is 0. The molecule has 0 saturated carbocycles. The fraction of sp³-hybridized carbons (Fsp3) is 0.444. The quantitative estimate of drug-likeness (QED) is 0.407. The summed E-state index contributed by atoms with van der Waals surface area (Å²) in [7, 11) is 1.57. The standard InChI is InChI=1S/C9H15N3O/c1-12(10)9(13)6-2-4-8-5-3-7-11-8/h3,5,7,11H,2,4,6,10H2,1H3. The van der Waals surface area contributed by atoms with Gasteiger partial charge in [0, 0.05) is 25.4 Å². The van der Waals surface area contributed by atoms with E-state index in [2.05, 4.69) is 4.98 Å². The number of carbonyl (C=O) groups is 1. The summed E-state index contributed by atoms with van der Waals surface area (Å²) >= 11 is 0. The van der Waals surface area contributed by atoms with Crippen molar-refractivity contribution in [3.63, 3.8) is 0 Å². The van der Waals surface area contributed by atoms with Crippen molar-refractivity contribution in [2.24, 2.45) is 5.84 Å². The minimum Gasteiger partial charge on any atom is -0.365 e. The number of hydrogen-bond donors (Lipinski definition) is 2. The Morgan fingerprint density at radius 3 is 3.00 bits per heavy atom. The molecule has 1 aromatic heterocycles. The number of aryl methyl sites for hydroxylation is 1. The van der Waals surface area contributed by atoms with Crippen LogP contribution in [0.5, 0.6) is 0 Å². The number of carbonyl (C=O) groups excluding carboxylic acids is 1. The van der Waals surface area contributed by atoms with Crippen LogP contribution >= 0.6 is 0 Å². The predicted octanol–water partition coefficient (Wildman–Crippen LogP) is 0.669. The second-order valence-corrected chi connectivity index (χ2v) is 3.05. The van der Waals surface area contributed by atoms with E-state index in [1.165, 1.54) is 0 Å². The van der Waals surface area contributed by atoms with Crippen LogP contribution in [0, 0.1) is 0 Å². The molecular formula is C9H15N3O. The molecule has 0 saturated heterocycles. The third-order valence-corrected chi connectivity index (χ3v) is 1.89. The van der Waals surface area contributed by atoms with Crippen LogP contribution in [-0.2, 0) is 11.2 Å². The molecule has 0 aliphatic rings. The van der Waals surface area contributed by atoms with Crippen LogP contribution in [0.25, 0.3) is 0 Å². The Labute approximate surface area is 77.7 Å². The number of amides is 1. The topological polar surface area (TPSA) is 62.1 Å². The van der Waals surface area contributed by atoms with E-state index in [9.17, 15) is 4.79 Å². The molecule has 0 aliphatic heterocycles. The highest BCUT2D eigenvalue weighted by Crippen LogP contribution is 2.02. The SMILES string of the molecule is CN(N)C(=O)CCCc1ccc[nH]1. The monoisotopic (exact) mass is 181 g/mol. The normalized spacial score (nSPS) is 10.0. The van der Waals surface area contributed by atoms with E-state index in [0.29, 0.717) is 6.42 Å². The summed E-state index contributed by atoms with van der Waals surface area (Å²) in [4.78, 5) is 14.1. The maximum atomic E-state index is 11.1. The maximum absolute atomic E-state index is 11.1. The van der Waals surface area contributed by atoms with E-state index in [-0.39, 0.29) is 5.91 Å². The first kappa shape index (κ1) is 9.80. The van der Waals surface area contributed by atoms with Crippen molar-refractivity contribution in [1.29, 1.82) is 0 Å². The van der Waals surface area contributed by atoms with Gasteiger partial charge >= 0.3 is 0 Å². The lowest BCUT2D eigenvalue weighted by Gasteiger charge is -2.08. The summed E-state index contributed by atoms with van der Waals surface area (Å²) in [6.07, 6.45) is 4.12. The van der Waals surface area contributed by atoms with E-state index in [1.54, 1.807) is 7.05 Å². The lowest BCUT2D eigenvalue weighted by molar-refractivity contribution is -0.130. The van der Waals surface area contributed by atoms with Gasteiger partial charge in [-0.2, -0.15) is 0 Å². The molecule has 3 N–H and O–H groups in total. The molecule has 0 atom stereocenters. The summed E-state index contributed by atoms with van der Waals surface area (Å²) in [6, 6.07) is 3.96. The Bertz CT molecular complexity index is 254. The van der Waals surface area contributed by atoms with Crippen LogP contribution in [0.3, 0.4) is 0 Å².